The maximum Gasteiger partial charge on any atom is 0.225 e. The highest BCUT2D eigenvalue weighted by Crippen LogP contribution is 2.40. The van der Waals surface area contributed by atoms with Gasteiger partial charge in [0.2, 0.25) is 5.89 Å². The van der Waals surface area contributed by atoms with Crippen molar-refractivity contribution < 1.29 is 23.0 Å². The number of morpholine rings is 1. The van der Waals surface area contributed by atoms with Gasteiger partial charge in [-0.3, -0.25) is 0 Å². The minimum Gasteiger partial charge on any atom is -0.445 e. The van der Waals surface area contributed by atoms with Crippen LogP contribution in [0.3, 0.4) is 0 Å². The van der Waals surface area contributed by atoms with E-state index >= 15 is 4.39 Å². The first-order valence-electron chi connectivity index (χ1n) is 9.69. The summed E-state index contributed by atoms with van der Waals surface area (Å²) in [6.07, 6.45) is 2.40. The second kappa shape index (κ2) is 7.46. The Morgan fingerprint density at radius 1 is 1.11 bits per heavy atom. The quantitative estimate of drug-likeness (QED) is 0.784. The summed E-state index contributed by atoms with van der Waals surface area (Å²) in [6, 6.07) is 3.32. The molecule has 28 heavy (non-hydrogen) atoms. The number of rotatable bonds is 3. The van der Waals surface area contributed by atoms with E-state index in [1.165, 1.54) is 12.3 Å². The van der Waals surface area contributed by atoms with Crippen LogP contribution >= 0.6 is 0 Å². The van der Waals surface area contributed by atoms with Gasteiger partial charge in [-0.15, -0.1) is 0 Å². The SMILES string of the molecule is CC1CN(c2c(F)cc(-c3ncco3)cc2C2OCC(C)(C)CO2)CC(C)O1. The van der Waals surface area contributed by atoms with Gasteiger partial charge in [-0.2, -0.15) is 0 Å². The van der Waals surface area contributed by atoms with Crippen molar-refractivity contribution in [1.29, 1.82) is 0 Å². The van der Waals surface area contributed by atoms with Gasteiger partial charge in [0, 0.05) is 29.6 Å². The van der Waals surface area contributed by atoms with Gasteiger partial charge in [0.25, 0.3) is 0 Å². The van der Waals surface area contributed by atoms with Gasteiger partial charge < -0.3 is 23.5 Å². The molecule has 0 bridgehead atoms. The first kappa shape index (κ1) is 19.4. The maximum atomic E-state index is 15.4. The summed E-state index contributed by atoms with van der Waals surface area (Å²) in [5.74, 6) is 0.0237. The van der Waals surface area contributed by atoms with Crippen molar-refractivity contribution >= 4 is 5.69 Å². The van der Waals surface area contributed by atoms with Crippen LogP contribution in [0.2, 0.25) is 0 Å². The van der Waals surface area contributed by atoms with Crippen LogP contribution in [0, 0.1) is 11.2 Å². The van der Waals surface area contributed by atoms with Gasteiger partial charge in [-0.05, 0) is 26.0 Å². The molecule has 0 spiro atoms. The largest absolute Gasteiger partial charge is 0.445 e. The molecule has 1 aromatic heterocycles. The van der Waals surface area contributed by atoms with Crippen LogP contribution in [-0.4, -0.2) is 43.5 Å². The van der Waals surface area contributed by atoms with E-state index in [1.807, 2.05) is 24.8 Å². The summed E-state index contributed by atoms with van der Waals surface area (Å²) in [7, 11) is 0. The van der Waals surface area contributed by atoms with E-state index in [0.29, 0.717) is 49.0 Å². The minimum atomic E-state index is -0.638. The Morgan fingerprint density at radius 3 is 2.39 bits per heavy atom. The Labute approximate surface area is 164 Å². The highest BCUT2D eigenvalue weighted by Gasteiger charge is 2.34. The van der Waals surface area contributed by atoms with Crippen molar-refractivity contribution in [2.24, 2.45) is 5.41 Å². The Hall–Kier alpha value is -1.96. The van der Waals surface area contributed by atoms with Crippen molar-refractivity contribution in [2.45, 2.75) is 46.2 Å². The lowest BCUT2D eigenvalue weighted by Crippen LogP contribution is -2.46. The lowest BCUT2D eigenvalue weighted by atomic mass is 9.95. The zero-order valence-corrected chi connectivity index (χ0v) is 16.8. The van der Waals surface area contributed by atoms with E-state index in [2.05, 4.69) is 18.8 Å². The molecule has 0 saturated carbocycles. The molecule has 6 nitrogen and oxygen atoms in total. The Morgan fingerprint density at radius 2 is 1.79 bits per heavy atom. The normalized spacial score (nSPS) is 25.8. The third-order valence-electron chi connectivity index (χ3n) is 5.01. The summed E-state index contributed by atoms with van der Waals surface area (Å²) in [5.41, 5.74) is 1.65. The fourth-order valence-corrected chi connectivity index (χ4v) is 3.86. The maximum absolute atomic E-state index is 15.4. The second-order valence-corrected chi connectivity index (χ2v) is 8.51. The summed E-state index contributed by atoms with van der Waals surface area (Å²) >= 11 is 0. The van der Waals surface area contributed by atoms with Gasteiger partial charge in [0.15, 0.2) is 6.29 Å². The van der Waals surface area contributed by atoms with E-state index < -0.39 is 6.29 Å². The van der Waals surface area contributed by atoms with Gasteiger partial charge in [0.05, 0.1) is 37.3 Å². The molecule has 2 aliphatic rings. The first-order chi connectivity index (χ1) is 13.3. The number of hydrogen-bond acceptors (Lipinski definition) is 6. The van der Waals surface area contributed by atoms with Crippen LogP contribution in [-0.2, 0) is 14.2 Å². The van der Waals surface area contributed by atoms with E-state index in [4.69, 9.17) is 18.6 Å². The molecule has 152 valence electrons. The topological polar surface area (TPSA) is 57.0 Å². The molecule has 0 amide bonds. The smallest absolute Gasteiger partial charge is 0.225 e. The molecule has 2 saturated heterocycles. The molecule has 2 atom stereocenters. The Bertz CT molecular complexity index is 804. The second-order valence-electron chi connectivity index (χ2n) is 8.51. The Kier molecular flexibility index (Phi) is 5.16. The molecule has 3 heterocycles. The van der Waals surface area contributed by atoms with Gasteiger partial charge >= 0.3 is 0 Å². The average Bonchev–Trinajstić information content (AvgIpc) is 3.15. The summed E-state index contributed by atoms with van der Waals surface area (Å²) < 4.78 is 38.6. The van der Waals surface area contributed by atoms with Gasteiger partial charge in [0.1, 0.15) is 12.1 Å². The minimum absolute atomic E-state index is 0.00884. The molecule has 4 rings (SSSR count). The van der Waals surface area contributed by atoms with E-state index in [9.17, 15) is 0 Å². The number of ether oxygens (including phenoxy) is 3. The third kappa shape index (κ3) is 3.92. The highest BCUT2D eigenvalue weighted by atomic mass is 19.1. The van der Waals surface area contributed by atoms with Crippen molar-refractivity contribution in [1.82, 2.24) is 4.98 Å². The highest BCUT2D eigenvalue weighted by molar-refractivity contribution is 5.65. The third-order valence-corrected chi connectivity index (χ3v) is 5.01. The molecule has 0 aliphatic carbocycles. The van der Waals surface area contributed by atoms with E-state index in [0.717, 1.165) is 0 Å². The van der Waals surface area contributed by atoms with Crippen molar-refractivity contribution in [2.75, 3.05) is 31.2 Å². The molecule has 1 aromatic carbocycles. The lowest BCUT2D eigenvalue weighted by Gasteiger charge is -2.40. The molecule has 2 aromatic rings. The zero-order valence-electron chi connectivity index (χ0n) is 16.8. The average molecular weight is 390 g/mol. The van der Waals surface area contributed by atoms with E-state index in [-0.39, 0.29) is 23.4 Å². The van der Waals surface area contributed by atoms with Crippen molar-refractivity contribution in [3.8, 4) is 11.5 Å². The van der Waals surface area contributed by atoms with Gasteiger partial charge in [-0.1, -0.05) is 13.8 Å². The lowest BCUT2D eigenvalue weighted by molar-refractivity contribution is -0.226. The summed E-state index contributed by atoms with van der Waals surface area (Å²) in [5, 5.41) is 0. The van der Waals surface area contributed by atoms with Crippen molar-refractivity contribution in [3.63, 3.8) is 0 Å². The van der Waals surface area contributed by atoms with Crippen LogP contribution in [0.1, 0.15) is 39.5 Å². The van der Waals surface area contributed by atoms with Crippen LogP contribution < -0.4 is 4.90 Å². The summed E-state index contributed by atoms with van der Waals surface area (Å²) in [6.45, 7) is 10.4. The fraction of sp³-hybridized carbons (Fsp3) is 0.571. The molecule has 0 N–H and O–H groups in total. The molecule has 2 aliphatic heterocycles. The van der Waals surface area contributed by atoms with E-state index in [1.54, 1.807) is 6.20 Å². The number of nitrogens with zero attached hydrogens (tertiary/aromatic N) is 2. The molecule has 2 unspecified atom stereocenters. The number of benzene rings is 1. The van der Waals surface area contributed by atoms with Crippen molar-refractivity contribution in [3.05, 3.63) is 36.0 Å². The standard InChI is InChI=1S/C21H27FN2O4/c1-13-9-24(10-14(2)28-13)18-16(20-26-11-21(3,4)12-27-20)7-15(8-17(18)22)19-23-5-6-25-19/h5-8,13-14,20H,9-12H2,1-4H3. The molecule has 7 heteroatoms. The molecule has 2 fully saturated rings. The molecular weight excluding hydrogens is 363 g/mol. The Balaban J connectivity index is 1.76. The fourth-order valence-electron chi connectivity index (χ4n) is 3.86. The van der Waals surface area contributed by atoms with Crippen LogP contribution in [0.5, 0.6) is 0 Å². The number of hydrogen-bond donors (Lipinski definition) is 0. The predicted molar refractivity (Wildman–Crippen MR) is 103 cm³/mol. The van der Waals surface area contributed by atoms with Crippen LogP contribution in [0.4, 0.5) is 10.1 Å². The number of halogens is 1. The van der Waals surface area contributed by atoms with Gasteiger partial charge in [-0.25, -0.2) is 9.37 Å². The number of anilines is 1. The zero-order chi connectivity index (χ0) is 19.9. The first-order valence-corrected chi connectivity index (χ1v) is 9.69. The molecule has 0 radical (unpaired) electrons. The van der Waals surface area contributed by atoms with Crippen LogP contribution in [0.15, 0.2) is 29.0 Å². The summed E-state index contributed by atoms with van der Waals surface area (Å²) in [4.78, 5) is 6.18. The van der Waals surface area contributed by atoms with Crippen LogP contribution in [0.25, 0.3) is 11.5 Å². The predicted octanol–water partition coefficient (Wildman–Crippen LogP) is 4.17. The monoisotopic (exact) mass is 390 g/mol. The molecular formula is C21H27FN2O4. The number of aromatic nitrogens is 1. The number of oxazole rings is 1.